The molecule has 144 valence electrons. The molecule has 2 saturated carbocycles. The Balaban J connectivity index is 1.40. The molecule has 27 heavy (non-hydrogen) atoms. The third-order valence-corrected chi connectivity index (χ3v) is 5.72. The number of hydrogen-bond donors (Lipinski definition) is 1. The number of rotatable bonds is 6. The second-order valence-corrected chi connectivity index (χ2v) is 7.73. The number of hydrogen-bond acceptors (Lipinski definition) is 6. The van der Waals surface area contributed by atoms with Gasteiger partial charge in [-0.25, -0.2) is 4.98 Å². The Morgan fingerprint density at radius 3 is 2.78 bits per heavy atom. The summed E-state index contributed by atoms with van der Waals surface area (Å²) in [5.41, 5.74) is 2.14. The van der Waals surface area contributed by atoms with Crippen molar-refractivity contribution >= 4 is 0 Å². The average Bonchev–Trinajstić information content (AvgIpc) is 3.46. The molecule has 0 bridgehead atoms. The summed E-state index contributed by atoms with van der Waals surface area (Å²) >= 11 is 0. The van der Waals surface area contributed by atoms with E-state index in [1.54, 1.807) is 13.3 Å². The molecule has 0 saturated heterocycles. The van der Waals surface area contributed by atoms with Gasteiger partial charge in [-0.3, -0.25) is 4.98 Å². The molecular weight excluding hydrogens is 342 g/mol. The van der Waals surface area contributed by atoms with Gasteiger partial charge in [-0.15, -0.1) is 0 Å². The molecular formula is C21H27N3O3. The minimum absolute atomic E-state index is 0.230. The minimum Gasteiger partial charge on any atom is -0.495 e. The molecule has 6 heteroatoms. The third kappa shape index (κ3) is 4.21. The number of nitrogens with zero attached hydrogens (tertiary/aromatic N) is 3. The summed E-state index contributed by atoms with van der Waals surface area (Å²) in [7, 11) is 1.65. The van der Waals surface area contributed by atoms with Crippen LogP contribution in [-0.4, -0.2) is 39.9 Å². The number of aromatic nitrogens is 3. The first-order valence-electron chi connectivity index (χ1n) is 9.78. The van der Waals surface area contributed by atoms with E-state index in [0.29, 0.717) is 30.1 Å². The maximum atomic E-state index is 10.0. The number of ether oxygens (including phenoxy) is 2. The second kappa shape index (κ2) is 7.80. The van der Waals surface area contributed by atoms with Gasteiger partial charge in [0.1, 0.15) is 11.6 Å². The monoisotopic (exact) mass is 369 g/mol. The smallest absolute Gasteiger partial charge is 0.220 e. The third-order valence-electron chi connectivity index (χ3n) is 5.72. The first-order valence-corrected chi connectivity index (χ1v) is 9.78. The Bertz CT molecular complexity index is 781. The van der Waals surface area contributed by atoms with Crippen LogP contribution >= 0.6 is 0 Å². The lowest BCUT2D eigenvalue weighted by Crippen LogP contribution is -2.19. The van der Waals surface area contributed by atoms with Crippen LogP contribution in [0.15, 0.2) is 24.5 Å². The van der Waals surface area contributed by atoms with Gasteiger partial charge in [0, 0.05) is 29.3 Å². The van der Waals surface area contributed by atoms with E-state index in [-0.39, 0.29) is 12.0 Å². The van der Waals surface area contributed by atoms with E-state index in [9.17, 15) is 5.11 Å². The molecule has 2 fully saturated rings. The highest BCUT2D eigenvalue weighted by Crippen LogP contribution is 2.47. The van der Waals surface area contributed by atoms with Crippen molar-refractivity contribution in [3.05, 3.63) is 41.6 Å². The summed E-state index contributed by atoms with van der Waals surface area (Å²) < 4.78 is 11.3. The number of aryl methyl sites for hydroxylation is 1. The van der Waals surface area contributed by atoms with Crippen molar-refractivity contribution < 1.29 is 14.6 Å². The first kappa shape index (κ1) is 18.2. The van der Waals surface area contributed by atoms with Crippen molar-refractivity contribution in [1.82, 2.24) is 15.0 Å². The highest BCUT2D eigenvalue weighted by molar-refractivity contribution is 5.29. The van der Waals surface area contributed by atoms with Gasteiger partial charge in [-0.1, -0.05) is 6.42 Å². The van der Waals surface area contributed by atoms with Gasteiger partial charge in [0.25, 0.3) is 0 Å². The quantitative estimate of drug-likeness (QED) is 0.841. The summed E-state index contributed by atoms with van der Waals surface area (Å²) in [6.45, 7) is 2.52. The van der Waals surface area contributed by atoms with Crippen LogP contribution in [0.2, 0.25) is 0 Å². The summed E-state index contributed by atoms with van der Waals surface area (Å²) in [6.07, 6.45) is 8.26. The highest BCUT2D eigenvalue weighted by Gasteiger charge is 2.40. The van der Waals surface area contributed by atoms with Crippen LogP contribution in [0.3, 0.4) is 0 Å². The van der Waals surface area contributed by atoms with Gasteiger partial charge in [-0.2, -0.15) is 4.98 Å². The van der Waals surface area contributed by atoms with E-state index in [4.69, 9.17) is 9.47 Å². The number of pyridine rings is 1. The molecule has 4 atom stereocenters. The molecule has 0 aliphatic heterocycles. The predicted octanol–water partition coefficient (Wildman–Crippen LogP) is 3.39. The fourth-order valence-corrected chi connectivity index (χ4v) is 4.01. The molecule has 4 rings (SSSR count). The predicted molar refractivity (Wildman–Crippen MR) is 101 cm³/mol. The van der Waals surface area contributed by atoms with Gasteiger partial charge in [0.15, 0.2) is 0 Å². The summed E-state index contributed by atoms with van der Waals surface area (Å²) in [6, 6.07) is 3.99. The zero-order valence-electron chi connectivity index (χ0n) is 16.0. The fraction of sp³-hybridized carbons (Fsp3) is 0.571. The van der Waals surface area contributed by atoms with Gasteiger partial charge >= 0.3 is 0 Å². The molecule has 0 amide bonds. The molecule has 0 spiro atoms. The molecule has 2 heterocycles. The maximum absolute atomic E-state index is 10.0. The van der Waals surface area contributed by atoms with Crippen LogP contribution in [0.5, 0.6) is 11.6 Å². The van der Waals surface area contributed by atoms with Crippen molar-refractivity contribution in [3.8, 4) is 11.6 Å². The largest absolute Gasteiger partial charge is 0.495 e. The molecule has 0 unspecified atom stereocenters. The Morgan fingerprint density at radius 1 is 1.15 bits per heavy atom. The Morgan fingerprint density at radius 2 is 2.04 bits per heavy atom. The first-order chi connectivity index (χ1) is 13.1. The lowest BCUT2D eigenvalue weighted by atomic mass is 9.83. The Labute approximate surface area is 160 Å². The zero-order chi connectivity index (χ0) is 18.8. The molecule has 1 N–H and O–H groups in total. The fourth-order valence-electron chi connectivity index (χ4n) is 4.01. The van der Waals surface area contributed by atoms with Crippen molar-refractivity contribution in [2.45, 2.75) is 57.0 Å². The topological polar surface area (TPSA) is 77.4 Å². The van der Waals surface area contributed by atoms with E-state index in [1.807, 2.05) is 25.3 Å². The van der Waals surface area contributed by atoms with Gasteiger partial charge in [0.2, 0.25) is 5.88 Å². The normalized spacial score (nSPS) is 27.2. The molecule has 6 nitrogen and oxygen atoms in total. The van der Waals surface area contributed by atoms with Crippen LogP contribution in [0, 0.1) is 12.8 Å². The van der Waals surface area contributed by atoms with Crippen LogP contribution in [0.1, 0.15) is 61.0 Å². The van der Waals surface area contributed by atoms with E-state index >= 15 is 0 Å². The number of methoxy groups -OCH3 is 1. The number of aliphatic hydroxyl groups excluding tert-OH is 1. The van der Waals surface area contributed by atoms with E-state index in [2.05, 4.69) is 15.0 Å². The zero-order valence-corrected chi connectivity index (χ0v) is 16.0. The van der Waals surface area contributed by atoms with Crippen molar-refractivity contribution in [1.29, 1.82) is 0 Å². The molecule has 2 aromatic rings. The van der Waals surface area contributed by atoms with Gasteiger partial charge in [0.05, 0.1) is 26.0 Å². The summed E-state index contributed by atoms with van der Waals surface area (Å²) in [5.74, 6) is 3.37. The second-order valence-electron chi connectivity index (χ2n) is 7.73. The Hall–Kier alpha value is -2.21. The number of aliphatic hydroxyl groups is 1. The summed E-state index contributed by atoms with van der Waals surface area (Å²) in [4.78, 5) is 13.4. The van der Waals surface area contributed by atoms with Gasteiger partial charge in [-0.05, 0) is 50.7 Å². The average molecular weight is 369 g/mol. The Kier molecular flexibility index (Phi) is 5.25. The lowest BCUT2D eigenvalue weighted by Gasteiger charge is -2.26. The highest BCUT2D eigenvalue weighted by atomic mass is 16.5. The SMILES string of the molecule is COc1ccc([C@H]2C[C@@H]2COc2nc(C)ncc2[C@H]2CCC[C@@H](O)C2)nc1. The summed E-state index contributed by atoms with van der Waals surface area (Å²) in [5, 5.41) is 10.0. The van der Waals surface area contributed by atoms with Crippen molar-refractivity contribution in [3.63, 3.8) is 0 Å². The van der Waals surface area contributed by atoms with Crippen molar-refractivity contribution in [2.75, 3.05) is 13.7 Å². The van der Waals surface area contributed by atoms with E-state index < -0.39 is 0 Å². The van der Waals surface area contributed by atoms with Crippen LogP contribution < -0.4 is 9.47 Å². The van der Waals surface area contributed by atoms with Gasteiger partial charge < -0.3 is 14.6 Å². The minimum atomic E-state index is -0.230. The molecule has 0 aromatic carbocycles. The van der Waals surface area contributed by atoms with Crippen LogP contribution in [-0.2, 0) is 0 Å². The lowest BCUT2D eigenvalue weighted by molar-refractivity contribution is 0.118. The van der Waals surface area contributed by atoms with E-state index in [1.165, 1.54) is 0 Å². The molecule has 0 radical (unpaired) electrons. The maximum Gasteiger partial charge on any atom is 0.220 e. The standard InChI is InChI=1S/C21H27N3O3/c1-13-22-11-19(14-4-3-5-16(25)8-14)21(24-13)27-12-15-9-18(15)20-7-6-17(26-2)10-23-20/h6-7,10-11,14-16,18,25H,3-5,8-9,12H2,1-2H3/t14-,15+,16+,18-/m0/s1. The molecule has 2 aromatic heterocycles. The molecule has 2 aliphatic carbocycles. The van der Waals surface area contributed by atoms with E-state index in [0.717, 1.165) is 49.1 Å². The van der Waals surface area contributed by atoms with Crippen molar-refractivity contribution in [2.24, 2.45) is 5.92 Å². The van der Waals surface area contributed by atoms with Crippen LogP contribution in [0.4, 0.5) is 0 Å². The molecule has 2 aliphatic rings. The van der Waals surface area contributed by atoms with Crippen LogP contribution in [0.25, 0.3) is 0 Å².